The van der Waals surface area contributed by atoms with Gasteiger partial charge in [0.05, 0.1) is 30.3 Å². The zero-order valence-electron chi connectivity index (χ0n) is 22.6. The second kappa shape index (κ2) is 14.3. The van der Waals surface area contributed by atoms with Gasteiger partial charge in [0.25, 0.3) is 0 Å². The zero-order chi connectivity index (χ0) is 28.3. The molecule has 0 radical (unpaired) electrons. The standard InChI is InChI=1S/C31H33N3O5S/c1-21-27(30(35)37-17-5-9-23-7-3-15-32-19-23)29(25-11-13-26(39-40)14-12-25)28(22(2)34-21)31(36)38-18-6-10-24-8-4-16-33-20-24/h3-4,7-8,11-16,19-20,29,34,40H,5-6,9-10,17-18H2,1-2H3. The summed E-state index contributed by atoms with van der Waals surface area (Å²) in [7, 11) is 0. The van der Waals surface area contributed by atoms with Gasteiger partial charge in [-0.1, -0.05) is 24.3 Å². The molecular formula is C31H33N3O5S. The summed E-state index contributed by atoms with van der Waals surface area (Å²) in [4.78, 5) is 35.2. The Morgan fingerprint density at radius 3 is 1.73 bits per heavy atom. The molecule has 0 unspecified atom stereocenters. The van der Waals surface area contributed by atoms with Crippen LogP contribution in [0.4, 0.5) is 0 Å². The van der Waals surface area contributed by atoms with Crippen molar-refractivity contribution in [1.29, 1.82) is 0 Å². The number of benzene rings is 1. The first kappa shape index (κ1) is 28.9. The van der Waals surface area contributed by atoms with E-state index in [-0.39, 0.29) is 13.2 Å². The molecule has 4 rings (SSSR count). The minimum Gasteiger partial charge on any atom is -0.462 e. The van der Waals surface area contributed by atoms with Gasteiger partial charge in [-0.3, -0.25) is 9.97 Å². The topological polar surface area (TPSA) is 99.6 Å². The van der Waals surface area contributed by atoms with Crippen molar-refractivity contribution in [2.75, 3.05) is 13.2 Å². The molecule has 208 valence electrons. The van der Waals surface area contributed by atoms with E-state index in [2.05, 4.69) is 28.2 Å². The Balaban J connectivity index is 1.50. The Hall–Kier alpha value is -4.11. The second-order valence-corrected chi connectivity index (χ2v) is 9.68. The molecule has 3 heterocycles. The molecule has 8 nitrogen and oxygen atoms in total. The molecule has 1 aliphatic heterocycles. The van der Waals surface area contributed by atoms with Crippen molar-refractivity contribution in [3.05, 3.63) is 113 Å². The van der Waals surface area contributed by atoms with Crippen LogP contribution in [0.1, 0.15) is 49.3 Å². The van der Waals surface area contributed by atoms with Crippen LogP contribution in [0.3, 0.4) is 0 Å². The number of pyridine rings is 2. The monoisotopic (exact) mass is 559 g/mol. The van der Waals surface area contributed by atoms with E-state index in [1.165, 1.54) is 0 Å². The van der Waals surface area contributed by atoms with Crippen LogP contribution in [0.2, 0.25) is 0 Å². The number of dihydropyridines is 1. The summed E-state index contributed by atoms with van der Waals surface area (Å²) < 4.78 is 16.4. The van der Waals surface area contributed by atoms with E-state index in [1.54, 1.807) is 36.9 Å². The summed E-state index contributed by atoms with van der Waals surface area (Å²) in [6.45, 7) is 4.09. The van der Waals surface area contributed by atoms with Crippen LogP contribution in [-0.4, -0.2) is 35.1 Å². The number of ether oxygens (including phenoxy) is 2. The molecular weight excluding hydrogens is 526 g/mol. The first-order valence-corrected chi connectivity index (χ1v) is 13.6. The molecule has 0 atom stereocenters. The lowest BCUT2D eigenvalue weighted by molar-refractivity contribution is -0.140. The predicted molar refractivity (Wildman–Crippen MR) is 154 cm³/mol. The van der Waals surface area contributed by atoms with Gasteiger partial charge < -0.3 is 19.0 Å². The largest absolute Gasteiger partial charge is 0.462 e. The number of hydrogen-bond donors (Lipinski definition) is 2. The molecule has 2 aromatic heterocycles. The van der Waals surface area contributed by atoms with Gasteiger partial charge in [-0.15, -0.1) is 0 Å². The van der Waals surface area contributed by atoms with Crippen molar-refractivity contribution in [2.45, 2.75) is 45.4 Å². The Morgan fingerprint density at radius 1 is 0.800 bits per heavy atom. The minimum atomic E-state index is -0.674. The number of rotatable bonds is 12. The average Bonchev–Trinajstić information content (AvgIpc) is 2.98. The minimum absolute atomic E-state index is 0.237. The lowest BCUT2D eigenvalue weighted by Crippen LogP contribution is -2.32. The lowest BCUT2D eigenvalue weighted by atomic mass is 9.80. The molecule has 0 aliphatic carbocycles. The molecule has 1 aromatic carbocycles. The maximum absolute atomic E-state index is 13.5. The van der Waals surface area contributed by atoms with E-state index in [0.717, 1.165) is 29.5 Å². The first-order valence-electron chi connectivity index (χ1n) is 13.2. The molecule has 9 heteroatoms. The van der Waals surface area contributed by atoms with Crippen molar-refractivity contribution >= 4 is 24.8 Å². The zero-order valence-corrected chi connectivity index (χ0v) is 23.5. The normalized spacial score (nSPS) is 13.6. The van der Waals surface area contributed by atoms with E-state index >= 15 is 0 Å². The van der Waals surface area contributed by atoms with Gasteiger partial charge in [0.15, 0.2) is 0 Å². The highest BCUT2D eigenvalue weighted by Gasteiger charge is 2.38. The number of nitrogens with zero attached hydrogens (tertiary/aromatic N) is 2. The number of allylic oxidation sites excluding steroid dienone is 2. The predicted octanol–water partition coefficient (Wildman–Crippen LogP) is 5.29. The Morgan fingerprint density at radius 2 is 1.30 bits per heavy atom. The second-order valence-electron chi connectivity index (χ2n) is 9.50. The SMILES string of the molecule is CC1=C(C(=O)OCCCc2cccnc2)C(c2ccc(OS)cc2)C(C(=O)OCCCc2cccnc2)=C(C)N1. The fraction of sp³-hybridized carbons (Fsp3) is 0.290. The summed E-state index contributed by atoms with van der Waals surface area (Å²) in [6, 6.07) is 14.8. The van der Waals surface area contributed by atoms with Crippen LogP contribution in [-0.2, 0) is 31.9 Å². The number of aromatic nitrogens is 2. The molecule has 0 fully saturated rings. The van der Waals surface area contributed by atoms with Gasteiger partial charge in [0, 0.05) is 49.1 Å². The maximum Gasteiger partial charge on any atom is 0.336 e. The molecule has 1 N–H and O–H groups in total. The fourth-order valence-corrected chi connectivity index (χ4v) is 4.84. The smallest absolute Gasteiger partial charge is 0.336 e. The molecule has 0 spiro atoms. The van der Waals surface area contributed by atoms with E-state index in [1.807, 2.05) is 50.2 Å². The van der Waals surface area contributed by atoms with Gasteiger partial charge in [0.1, 0.15) is 5.75 Å². The van der Waals surface area contributed by atoms with Gasteiger partial charge in [0.2, 0.25) is 0 Å². The van der Waals surface area contributed by atoms with Crippen molar-refractivity contribution in [2.24, 2.45) is 0 Å². The van der Waals surface area contributed by atoms with Crippen LogP contribution in [0.15, 0.2) is 95.9 Å². The number of nitrogens with one attached hydrogen (secondary N) is 1. The number of esters is 2. The highest BCUT2D eigenvalue weighted by molar-refractivity contribution is 7.75. The third-order valence-corrected chi connectivity index (χ3v) is 6.86. The fourth-order valence-electron chi connectivity index (χ4n) is 4.72. The number of aryl methyl sites for hydroxylation is 2. The molecule has 40 heavy (non-hydrogen) atoms. The van der Waals surface area contributed by atoms with Crippen LogP contribution < -0.4 is 9.50 Å². The highest BCUT2D eigenvalue weighted by Crippen LogP contribution is 2.39. The van der Waals surface area contributed by atoms with Gasteiger partial charge in [-0.25, -0.2) is 9.59 Å². The van der Waals surface area contributed by atoms with E-state index in [4.69, 9.17) is 13.7 Å². The first-order chi connectivity index (χ1) is 19.5. The molecule has 0 saturated heterocycles. The molecule has 0 saturated carbocycles. The van der Waals surface area contributed by atoms with Crippen molar-refractivity contribution < 1.29 is 23.2 Å². The molecule has 0 bridgehead atoms. The summed E-state index contributed by atoms with van der Waals surface area (Å²) >= 11 is 3.86. The average molecular weight is 560 g/mol. The van der Waals surface area contributed by atoms with E-state index in [0.29, 0.717) is 41.1 Å². The van der Waals surface area contributed by atoms with Gasteiger partial charge >= 0.3 is 11.9 Å². The number of thiol groups is 1. The Bertz CT molecular complexity index is 1280. The van der Waals surface area contributed by atoms with Crippen LogP contribution in [0.5, 0.6) is 5.75 Å². The lowest BCUT2D eigenvalue weighted by Gasteiger charge is -2.30. The molecule has 1 aliphatic rings. The van der Waals surface area contributed by atoms with Crippen molar-refractivity contribution in [1.82, 2.24) is 15.3 Å². The third kappa shape index (κ3) is 7.51. The molecule has 3 aromatic rings. The van der Waals surface area contributed by atoms with Crippen LogP contribution in [0, 0.1) is 0 Å². The van der Waals surface area contributed by atoms with Gasteiger partial charge in [-0.2, -0.15) is 0 Å². The third-order valence-electron chi connectivity index (χ3n) is 6.65. The summed E-state index contributed by atoms with van der Waals surface area (Å²) in [5.74, 6) is -1.09. The maximum atomic E-state index is 13.5. The van der Waals surface area contributed by atoms with Gasteiger partial charge in [-0.05, 0) is 80.5 Å². The van der Waals surface area contributed by atoms with Crippen LogP contribution in [0.25, 0.3) is 0 Å². The van der Waals surface area contributed by atoms with E-state index in [9.17, 15) is 9.59 Å². The summed E-state index contributed by atoms with van der Waals surface area (Å²) in [5, 5.41) is 3.20. The van der Waals surface area contributed by atoms with Crippen molar-refractivity contribution in [3.63, 3.8) is 0 Å². The number of carbonyl (C=O) groups excluding carboxylic acids is 2. The number of hydrogen-bond acceptors (Lipinski definition) is 9. The summed E-state index contributed by atoms with van der Waals surface area (Å²) in [6.07, 6.45) is 9.83. The van der Waals surface area contributed by atoms with Crippen molar-refractivity contribution in [3.8, 4) is 5.75 Å². The number of carbonyl (C=O) groups is 2. The summed E-state index contributed by atoms with van der Waals surface area (Å²) in [5.41, 5.74) is 4.88. The van der Waals surface area contributed by atoms with E-state index < -0.39 is 17.9 Å². The Kier molecular flexibility index (Phi) is 10.3. The quantitative estimate of drug-likeness (QED) is 0.134. The van der Waals surface area contributed by atoms with Crippen LogP contribution >= 0.6 is 12.9 Å². The Labute approximate surface area is 240 Å². The molecule has 0 amide bonds. The highest BCUT2D eigenvalue weighted by atomic mass is 32.1.